The fourth-order valence-electron chi connectivity index (χ4n) is 2.50. The third-order valence-corrected chi connectivity index (χ3v) is 3.70. The number of hydrogen-bond acceptors (Lipinski definition) is 7. The molecule has 1 aliphatic rings. The van der Waals surface area contributed by atoms with Crippen LogP contribution in [0.25, 0.3) is 0 Å². The van der Waals surface area contributed by atoms with Gasteiger partial charge in [-0.1, -0.05) is 12.2 Å². The smallest absolute Gasteiger partial charge is 0.306 e. The van der Waals surface area contributed by atoms with Crippen LogP contribution in [-0.4, -0.2) is 20.9 Å². The predicted molar refractivity (Wildman–Crippen MR) is 90.2 cm³/mol. The number of carbonyl (C=O) groups is 1. The third-order valence-electron chi connectivity index (χ3n) is 3.70. The van der Waals surface area contributed by atoms with Gasteiger partial charge in [-0.2, -0.15) is 15.0 Å². The molecule has 0 bridgehead atoms. The number of anilines is 3. The molecule has 25 heavy (non-hydrogen) atoms. The largest absolute Gasteiger partial charge is 0.457 e. The number of nitrogen functional groups attached to an aromatic ring is 1. The van der Waals surface area contributed by atoms with Crippen LogP contribution in [0, 0.1) is 11.7 Å². The summed E-state index contributed by atoms with van der Waals surface area (Å²) in [7, 11) is 0. The van der Waals surface area contributed by atoms with Crippen LogP contribution in [0.1, 0.15) is 25.1 Å². The van der Waals surface area contributed by atoms with Crippen LogP contribution >= 0.6 is 0 Å². The van der Waals surface area contributed by atoms with E-state index in [0.29, 0.717) is 12.1 Å². The number of allylic oxidation sites excluding steroid dienone is 2. The lowest BCUT2D eigenvalue weighted by atomic mass is 10.1. The molecule has 1 heterocycles. The molecule has 0 amide bonds. The van der Waals surface area contributed by atoms with Crippen LogP contribution < -0.4 is 11.1 Å². The van der Waals surface area contributed by atoms with Crippen molar-refractivity contribution in [3.05, 3.63) is 48.1 Å². The molecule has 7 nitrogen and oxygen atoms in total. The van der Waals surface area contributed by atoms with E-state index in [2.05, 4.69) is 26.3 Å². The zero-order chi connectivity index (χ0) is 17.6. The molecule has 0 aliphatic heterocycles. The van der Waals surface area contributed by atoms with Gasteiger partial charge in [-0.05, 0) is 43.0 Å². The fraction of sp³-hybridized carbons (Fsp3) is 0.294. The lowest BCUT2D eigenvalue weighted by Gasteiger charge is -2.09. The molecule has 1 aliphatic carbocycles. The highest BCUT2D eigenvalue weighted by Crippen LogP contribution is 2.21. The van der Waals surface area contributed by atoms with Gasteiger partial charge >= 0.3 is 5.97 Å². The van der Waals surface area contributed by atoms with E-state index >= 15 is 0 Å². The minimum absolute atomic E-state index is 0.00406. The molecule has 8 heteroatoms. The minimum Gasteiger partial charge on any atom is -0.457 e. The van der Waals surface area contributed by atoms with Gasteiger partial charge in [0.2, 0.25) is 11.9 Å². The van der Waals surface area contributed by atoms with Crippen LogP contribution in [0.5, 0.6) is 0 Å². The van der Waals surface area contributed by atoms with Gasteiger partial charge in [0.05, 0.1) is 6.42 Å². The Bertz CT molecular complexity index is 779. The topological polar surface area (TPSA) is 103 Å². The van der Waals surface area contributed by atoms with E-state index in [-0.39, 0.29) is 42.0 Å². The Labute approximate surface area is 144 Å². The van der Waals surface area contributed by atoms with Crippen molar-refractivity contribution in [2.24, 2.45) is 5.92 Å². The number of benzene rings is 1. The molecule has 3 N–H and O–H groups in total. The van der Waals surface area contributed by atoms with Crippen molar-refractivity contribution in [3.63, 3.8) is 0 Å². The van der Waals surface area contributed by atoms with E-state index in [4.69, 9.17) is 10.5 Å². The Balaban J connectivity index is 1.59. The number of aromatic nitrogens is 3. The number of ether oxygens (including phenoxy) is 1. The summed E-state index contributed by atoms with van der Waals surface area (Å²) in [5.74, 6) is 0.0429. The van der Waals surface area contributed by atoms with Gasteiger partial charge in [0, 0.05) is 5.69 Å². The minimum atomic E-state index is -0.342. The predicted octanol–water partition coefficient (Wildman–Crippen LogP) is 2.74. The van der Waals surface area contributed by atoms with Gasteiger partial charge in [-0.15, -0.1) is 0 Å². The number of nitrogens with two attached hydrogens (primary N) is 1. The highest BCUT2D eigenvalue weighted by Gasteiger charge is 2.15. The molecule has 0 radical (unpaired) electrons. The Hall–Kier alpha value is -3.03. The first kappa shape index (κ1) is 16.8. The molecule has 0 spiro atoms. The van der Waals surface area contributed by atoms with Crippen molar-refractivity contribution in [2.75, 3.05) is 11.1 Å². The van der Waals surface area contributed by atoms with Gasteiger partial charge in [0.15, 0.2) is 12.4 Å². The highest BCUT2D eigenvalue weighted by atomic mass is 19.1. The molecule has 1 aromatic heterocycles. The number of rotatable bonds is 6. The van der Waals surface area contributed by atoms with E-state index in [9.17, 15) is 9.18 Å². The summed E-state index contributed by atoms with van der Waals surface area (Å²) in [6.07, 6.45) is 6.42. The number of esters is 1. The molecule has 0 fully saturated rings. The van der Waals surface area contributed by atoms with Gasteiger partial charge in [0.1, 0.15) is 5.82 Å². The number of hydrogen-bond donors (Lipinski definition) is 2. The van der Waals surface area contributed by atoms with Gasteiger partial charge in [0.25, 0.3) is 0 Å². The van der Waals surface area contributed by atoms with Crippen LogP contribution in [0.2, 0.25) is 0 Å². The molecule has 3 rings (SSSR count). The van der Waals surface area contributed by atoms with Crippen LogP contribution in [0.3, 0.4) is 0 Å². The second-order valence-electron chi connectivity index (χ2n) is 5.70. The fourth-order valence-corrected chi connectivity index (χ4v) is 2.50. The van der Waals surface area contributed by atoms with Gasteiger partial charge in [-0.3, -0.25) is 4.79 Å². The molecule has 1 aromatic carbocycles. The molecule has 1 atom stereocenters. The Morgan fingerprint density at radius 3 is 2.80 bits per heavy atom. The molecule has 130 valence electrons. The normalized spacial score (nSPS) is 16.0. The van der Waals surface area contributed by atoms with E-state index in [0.717, 1.165) is 12.8 Å². The average Bonchev–Trinajstić information content (AvgIpc) is 3.08. The number of nitrogens with zero attached hydrogens (tertiary/aromatic N) is 3. The SMILES string of the molecule is Nc1nc(COC(=O)C[C@@H]2C=CCC2)nc(Nc2ccc(F)cc2)n1. The quantitative estimate of drug-likeness (QED) is 0.614. The van der Waals surface area contributed by atoms with Crippen molar-refractivity contribution < 1.29 is 13.9 Å². The third kappa shape index (κ3) is 4.97. The molecule has 2 aromatic rings. The Morgan fingerprint density at radius 2 is 2.08 bits per heavy atom. The average molecular weight is 343 g/mol. The van der Waals surface area contributed by atoms with Crippen molar-refractivity contribution in [1.29, 1.82) is 0 Å². The number of carbonyl (C=O) groups excluding carboxylic acids is 1. The second-order valence-corrected chi connectivity index (χ2v) is 5.70. The summed E-state index contributed by atoms with van der Waals surface area (Å²) >= 11 is 0. The Morgan fingerprint density at radius 1 is 1.28 bits per heavy atom. The molecule has 0 saturated carbocycles. The van der Waals surface area contributed by atoms with Gasteiger partial charge in [-0.25, -0.2) is 4.39 Å². The van der Waals surface area contributed by atoms with Crippen LogP contribution in [0.15, 0.2) is 36.4 Å². The van der Waals surface area contributed by atoms with Crippen LogP contribution in [0.4, 0.5) is 22.0 Å². The van der Waals surface area contributed by atoms with E-state index in [1.165, 1.54) is 12.1 Å². The second kappa shape index (κ2) is 7.69. The van der Waals surface area contributed by atoms with Crippen molar-refractivity contribution >= 4 is 23.6 Å². The summed E-state index contributed by atoms with van der Waals surface area (Å²) < 4.78 is 18.1. The summed E-state index contributed by atoms with van der Waals surface area (Å²) in [4.78, 5) is 23.9. The first-order valence-electron chi connectivity index (χ1n) is 7.94. The van der Waals surface area contributed by atoms with E-state index < -0.39 is 0 Å². The van der Waals surface area contributed by atoms with Gasteiger partial charge < -0.3 is 15.8 Å². The molecule has 0 unspecified atom stereocenters. The monoisotopic (exact) mass is 343 g/mol. The van der Waals surface area contributed by atoms with Crippen LogP contribution in [-0.2, 0) is 16.1 Å². The summed E-state index contributed by atoms with van der Waals surface area (Å²) in [6.45, 7) is -0.0832. The lowest BCUT2D eigenvalue weighted by Crippen LogP contribution is -2.12. The van der Waals surface area contributed by atoms with Crippen molar-refractivity contribution in [2.45, 2.75) is 25.9 Å². The van der Waals surface area contributed by atoms with Crippen molar-refractivity contribution in [1.82, 2.24) is 15.0 Å². The van der Waals surface area contributed by atoms with E-state index in [1.54, 1.807) is 12.1 Å². The molecular weight excluding hydrogens is 325 g/mol. The summed E-state index contributed by atoms with van der Waals surface area (Å²) in [5.41, 5.74) is 6.26. The Kier molecular flexibility index (Phi) is 5.17. The maximum Gasteiger partial charge on any atom is 0.306 e. The standard InChI is InChI=1S/C17H18FN5O2/c18-12-5-7-13(8-6-12)20-17-22-14(21-16(19)23-17)10-25-15(24)9-11-3-1-2-4-11/h1,3,5-8,11H,2,4,9-10H2,(H3,19,20,21,22,23)/t11-/m1/s1. The highest BCUT2D eigenvalue weighted by molar-refractivity contribution is 5.70. The summed E-state index contributed by atoms with van der Waals surface area (Å²) in [5, 5.41) is 2.90. The van der Waals surface area contributed by atoms with E-state index in [1.807, 2.05) is 6.08 Å². The molecular formula is C17H18FN5O2. The number of nitrogens with one attached hydrogen (secondary N) is 1. The first-order chi connectivity index (χ1) is 12.1. The number of halogens is 1. The first-order valence-corrected chi connectivity index (χ1v) is 7.94. The lowest BCUT2D eigenvalue weighted by molar-refractivity contribution is -0.146. The zero-order valence-electron chi connectivity index (χ0n) is 13.5. The molecule has 0 saturated heterocycles. The maximum atomic E-state index is 12.9. The van der Waals surface area contributed by atoms with Crippen molar-refractivity contribution in [3.8, 4) is 0 Å². The summed E-state index contributed by atoms with van der Waals surface area (Å²) in [6, 6.07) is 5.72. The zero-order valence-corrected chi connectivity index (χ0v) is 13.5. The maximum absolute atomic E-state index is 12.9.